The van der Waals surface area contributed by atoms with Gasteiger partial charge in [0, 0.05) is 23.9 Å². The molecule has 0 fully saturated rings. The highest BCUT2D eigenvalue weighted by molar-refractivity contribution is 7.15. The molecule has 0 bridgehead atoms. The third-order valence-electron chi connectivity index (χ3n) is 3.33. The summed E-state index contributed by atoms with van der Waals surface area (Å²) in [5.74, 6) is -0.0470. The third kappa shape index (κ3) is 5.67. The first-order valence-corrected chi connectivity index (χ1v) is 9.15. The van der Waals surface area contributed by atoms with Crippen LogP contribution < -0.4 is 15.4 Å². The van der Waals surface area contributed by atoms with Crippen LogP contribution in [0.25, 0.3) is 0 Å². The fourth-order valence-corrected chi connectivity index (χ4v) is 3.03. The number of nitrogens with one attached hydrogen (secondary N) is 2. The van der Waals surface area contributed by atoms with E-state index in [0.717, 1.165) is 5.01 Å². The van der Waals surface area contributed by atoms with Crippen LogP contribution in [0.3, 0.4) is 0 Å². The number of hydrogen-bond donors (Lipinski definition) is 2. The predicted octanol–water partition coefficient (Wildman–Crippen LogP) is 3.86. The molecular weight excluding hydrogens is 376 g/mol. The normalized spacial score (nSPS) is 11.1. The minimum Gasteiger partial charge on any atom is -0.495 e. The van der Waals surface area contributed by atoms with Gasteiger partial charge in [0.1, 0.15) is 10.8 Å². The SMILES string of the molecule is COc1ccc(NC(=O)CCC(=O)Nc2nnc(C(C)(C)C)s2)cc1Cl. The number of halogens is 1. The number of ether oxygens (including phenoxy) is 1. The monoisotopic (exact) mass is 396 g/mol. The van der Waals surface area contributed by atoms with Crippen LogP contribution >= 0.6 is 22.9 Å². The molecule has 0 atom stereocenters. The number of hydrogen-bond acceptors (Lipinski definition) is 6. The van der Waals surface area contributed by atoms with Crippen molar-refractivity contribution in [1.82, 2.24) is 10.2 Å². The smallest absolute Gasteiger partial charge is 0.226 e. The van der Waals surface area contributed by atoms with Crippen LogP contribution in [-0.2, 0) is 15.0 Å². The molecule has 0 saturated heterocycles. The number of methoxy groups -OCH3 is 1. The van der Waals surface area contributed by atoms with Crippen molar-refractivity contribution in [3.05, 3.63) is 28.2 Å². The number of carbonyl (C=O) groups is 2. The summed E-state index contributed by atoms with van der Waals surface area (Å²) in [5, 5.41) is 15.0. The highest BCUT2D eigenvalue weighted by Crippen LogP contribution is 2.28. The standard InChI is InChI=1S/C17H21ClN4O3S/c1-17(2,3)15-21-22-16(26-15)20-14(24)8-7-13(23)19-10-5-6-12(25-4)11(18)9-10/h5-6,9H,7-8H2,1-4H3,(H,19,23)(H,20,22,24). The highest BCUT2D eigenvalue weighted by atomic mass is 35.5. The molecule has 7 nitrogen and oxygen atoms in total. The lowest BCUT2D eigenvalue weighted by Gasteiger charge is -2.12. The quantitative estimate of drug-likeness (QED) is 0.773. The molecule has 0 saturated carbocycles. The zero-order valence-electron chi connectivity index (χ0n) is 15.1. The van der Waals surface area contributed by atoms with Crippen LogP contribution in [0.15, 0.2) is 18.2 Å². The first kappa shape index (κ1) is 20.1. The first-order valence-electron chi connectivity index (χ1n) is 7.96. The maximum absolute atomic E-state index is 12.0. The second-order valence-corrected chi connectivity index (χ2v) is 7.99. The third-order valence-corrected chi connectivity index (χ3v) is 4.89. The summed E-state index contributed by atoms with van der Waals surface area (Å²) in [6.07, 6.45) is 0.0839. The van der Waals surface area contributed by atoms with E-state index in [0.29, 0.717) is 21.6 Å². The van der Waals surface area contributed by atoms with E-state index < -0.39 is 0 Å². The van der Waals surface area contributed by atoms with Gasteiger partial charge in [0.15, 0.2) is 0 Å². The van der Waals surface area contributed by atoms with Crippen molar-refractivity contribution in [2.75, 3.05) is 17.7 Å². The molecule has 0 aliphatic rings. The second kappa shape index (κ2) is 8.46. The maximum atomic E-state index is 12.0. The van der Waals surface area contributed by atoms with E-state index >= 15 is 0 Å². The van der Waals surface area contributed by atoms with Crippen molar-refractivity contribution >= 4 is 45.6 Å². The summed E-state index contributed by atoms with van der Waals surface area (Å²) >= 11 is 7.34. The van der Waals surface area contributed by atoms with E-state index in [4.69, 9.17) is 16.3 Å². The lowest BCUT2D eigenvalue weighted by atomic mass is 9.98. The summed E-state index contributed by atoms with van der Waals surface area (Å²) < 4.78 is 5.06. The van der Waals surface area contributed by atoms with Crippen LogP contribution in [-0.4, -0.2) is 29.1 Å². The molecule has 0 unspecified atom stereocenters. The van der Waals surface area contributed by atoms with Crippen LogP contribution in [0, 0.1) is 0 Å². The molecule has 0 aliphatic heterocycles. The largest absolute Gasteiger partial charge is 0.495 e. The zero-order chi connectivity index (χ0) is 19.3. The van der Waals surface area contributed by atoms with Crippen molar-refractivity contribution in [3.8, 4) is 5.75 Å². The van der Waals surface area contributed by atoms with Gasteiger partial charge >= 0.3 is 0 Å². The van der Waals surface area contributed by atoms with Gasteiger partial charge in [-0.3, -0.25) is 9.59 Å². The number of benzene rings is 1. The van der Waals surface area contributed by atoms with Gasteiger partial charge in [-0.05, 0) is 18.2 Å². The Bertz CT molecular complexity index is 802. The average molecular weight is 397 g/mol. The van der Waals surface area contributed by atoms with Gasteiger partial charge in [-0.15, -0.1) is 10.2 Å². The Morgan fingerprint density at radius 2 is 1.81 bits per heavy atom. The Morgan fingerprint density at radius 1 is 1.15 bits per heavy atom. The molecule has 1 heterocycles. The van der Waals surface area contributed by atoms with Crippen molar-refractivity contribution < 1.29 is 14.3 Å². The molecular formula is C17H21ClN4O3S. The fourth-order valence-electron chi connectivity index (χ4n) is 1.95. The zero-order valence-corrected chi connectivity index (χ0v) is 16.6. The number of rotatable bonds is 6. The van der Waals surface area contributed by atoms with Gasteiger partial charge in [-0.2, -0.15) is 0 Å². The Labute approximate surface area is 161 Å². The first-order chi connectivity index (χ1) is 12.2. The van der Waals surface area contributed by atoms with Crippen molar-refractivity contribution in [2.24, 2.45) is 0 Å². The van der Waals surface area contributed by atoms with Gasteiger partial charge in [0.2, 0.25) is 16.9 Å². The van der Waals surface area contributed by atoms with E-state index in [1.165, 1.54) is 18.4 Å². The minimum absolute atomic E-state index is 0.0418. The van der Waals surface area contributed by atoms with Crippen LogP contribution in [0.2, 0.25) is 5.02 Å². The Hall–Kier alpha value is -2.19. The fraction of sp³-hybridized carbons (Fsp3) is 0.412. The maximum Gasteiger partial charge on any atom is 0.226 e. The number of aromatic nitrogens is 2. The topological polar surface area (TPSA) is 93.2 Å². The Kier molecular flexibility index (Phi) is 6.55. The molecule has 0 spiro atoms. The van der Waals surface area contributed by atoms with Gasteiger partial charge in [0.25, 0.3) is 0 Å². The lowest BCUT2D eigenvalue weighted by molar-refractivity contribution is -0.121. The van der Waals surface area contributed by atoms with E-state index in [1.807, 2.05) is 20.8 Å². The molecule has 0 aliphatic carbocycles. The number of anilines is 2. The van der Waals surface area contributed by atoms with Crippen molar-refractivity contribution in [2.45, 2.75) is 39.0 Å². The molecule has 1 aromatic carbocycles. The summed E-state index contributed by atoms with van der Waals surface area (Å²) in [5.41, 5.74) is 0.417. The second-order valence-electron chi connectivity index (χ2n) is 6.61. The van der Waals surface area contributed by atoms with Crippen LogP contribution in [0.1, 0.15) is 38.6 Å². The molecule has 26 heavy (non-hydrogen) atoms. The van der Waals surface area contributed by atoms with Gasteiger partial charge in [-0.25, -0.2) is 0 Å². The van der Waals surface area contributed by atoms with Gasteiger partial charge in [-0.1, -0.05) is 43.7 Å². The average Bonchev–Trinajstić information content (AvgIpc) is 3.02. The Balaban J connectivity index is 1.82. The van der Waals surface area contributed by atoms with E-state index in [2.05, 4.69) is 20.8 Å². The molecule has 2 N–H and O–H groups in total. The predicted molar refractivity (Wildman–Crippen MR) is 103 cm³/mol. The van der Waals surface area contributed by atoms with Crippen molar-refractivity contribution in [1.29, 1.82) is 0 Å². The van der Waals surface area contributed by atoms with E-state index in [1.54, 1.807) is 18.2 Å². The molecule has 9 heteroatoms. The van der Waals surface area contributed by atoms with Crippen LogP contribution in [0.4, 0.5) is 10.8 Å². The van der Waals surface area contributed by atoms with E-state index in [-0.39, 0.29) is 30.1 Å². The van der Waals surface area contributed by atoms with E-state index in [9.17, 15) is 9.59 Å². The molecule has 140 valence electrons. The molecule has 2 amide bonds. The summed E-state index contributed by atoms with van der Waals surface area (Å²) in [7, 11) is 1.51. The lowest BCUT2D eigenvalue weighted by Crippen LogP contribution is -2.17. The van der Waals surface area contributed by atoms with Gasteiger partial charge < -0.3 is 15.4 Å². The molecule has 1 aromatic heterocycles. The molecule has 2 rings (SSSR count). The van der Waals surface area contributed by atoms with Crippen molar-refractivity contribution in [3.63, 3.8) is 0 Å². The van der Waals surface area contributed by atoms with Gasteiger partial charge in [0.05, 0.1) is 12.1 Å². The highest BCUT2D eigenvalue weighted by Gasteiger charge is 2.20. The Morgan fingerprint density at radius 3 is 2.35 bits per heavy atom. The minimum atomic E-state index is -0.287. The summed E-state index contributed by atoms with van der Waals surface area (Å²) in [6.45, 7) is 6.07. The number of amides is 2. The summed E-state index contributed by atoms with van der Waals surface area (Å²) in [6, 6.07) is 4.93. The number of carbonyl (C=O) groups excluding carboxylic acids is 2. The summed E-state index contributed by atoms with van der Waals surface area (Å²) in [4.78, 5) is 24.0. The number of nitrogens with zero attached hydrogens (tertiary/aromatic N) is 2. The molecule has 2 aromatic rings. The molecule has 0 radical (unpaired) electrons. The van der Waals surface area contributed by atoms with Crippen LogP contribution in [0.5, 0.6) is 5.75 Å².